The van der Waals surface area contributed by atoms with Crippen molar-refractivity contribution in [2.45, 2.75) is 45.1 Å². The Bertz CT molecular complexity index is 225. The first-order valence-corrected chi connectivity index (χ1v) is 6.75. The second-order valence-corrected chi connectivity index (χ2v) is 5.07. The molecule has 0 unspecified atom stereocenters. The van der Waals surface area contributed by atoms with E-state index in [2.05, 4.69) is 17.1 Å². The van der Waals surface area contributed by atoms with Crippen molar-refractivity contribution in [2.24, 2.45) is 5.92 Å². The minimum absolute atomic E-state index is 0.0110. The van der Waals surface area contributed by atoms with Crippen LogP contribution >= 0.6 is 0 Å². The average molecular weight is 242 g/mol. The minimum Gasteiger partial charge on any atom is -0.395 e. The first-order valence-electron chi connectivity index (χ1n) is 6.75. The van der Waals surface area contributed by atoms with E-state index < -0.39 is 0 Å². The number of likely N-dealkylation sites (N-methyl/N-ethyl adjacent to an activating group) is 1. The number of amides is 1. The summed E-state index contributed by atoms with van der Waals surface area (Å²) in [6, 6.07) is 0.553. The number of hydrogen-bond acceptors (Lipinski definition) is 3. The SMILES string of the molecule is CCC1CCC(N(C)CC(=O)NCCO)CC1. The highest BCUT2D eigenvalue weighted by molar-refractivity contribution is 5.77. The fraction of sp³-hybridized carbons (Fsp3) is 0.923. The number of carbonyl (C=O) groups is 1. The number of carbonyl (C=O) groups excluding carboxylic acids is 1. The van der Waals surface area contributed by atoms with E-state index in [0.717, 1.165) is 5.92 Å². The Hall–Kier alpha value is -0.610. The zero-order valence-corrected chi connectivity index (χ0v) is 11.1. The Labute approximate surface area is 104 Å². The molecule has 0 bridgehead atoms. The van der Waals surface area contributed by atoms with E-state index in [1.165, 1.54) is 32.1 Å². The Morgan fingerprint density at radius 2 is 2.00 bits per heavy atom. The molecular formula is C13H26N2O2. The second-order valence-electron chi connectivity index (χ2n) is 5.07. The second kappa shape index (κ2) is 7.67. The largest absolute Gasteiger partial charge is 0.395 e. The summed E-state index contributed by atoms with van der Waals surface area (Å²) in [5.41, 5.74) is 0. The highest BCUT2D eigenvalue weighted by atomic mass is 16.3. The van der Waals surface area contributed by atoms with E-state index in [4.69, 9.17) is 5.11 Å². The van der Waals surface area contributed by atoms with Crippen LogP contribution in [0.15, 0.2) is 0 Å². The molecule has 0 radical (unpaired) electrons. The molecule has 0 aliphatic heterocycles. The zero-order valence-electron chi connectivity index (χ0n) is 11.1. The van der Waals surface area contributed by atoms with E-state index >= 15 is 0 Å². The molecule has 0 aromatic rings. The van der Waals surface area contributed by atoms with Gasteiger partial charge in [-0.2, -0.15) is 0 Å². The van der Waals surface area contributed by atoms with Gasteiger partial charge < -0.3 is 10.4 Å². The summed E-state index contributed by atoms with van der Waals surface area (Å²) >= 11 is 0. The van der Waals surface area contributed by atoms with Crippen LogP contribution in [0.25, 0.3) is 0 Å². The van der Waals surface area contributed by atoms with Crippen LogP contribution in [0.1, 0.15) is 39.0 Å². The Balaban J connectivity index is 2.24. The fourth-order valence-electron chi connectivity index (χ4n) is 2.60. The first kappa shape index (κ1) is 14.5. The van der Waals surface area contributed by atoms with E-state index in [1.54, 1.807) is 0 Å². The number of rotatable bonds is 6. The van der Waals surface area contributed by atoms with Gasteiger partial charge in [0, 0.05) is 12.6 Å². The summed E-state index contributed by atoms with van der Waals surface area (Å²) in [5, 5.41) is 11.3. The van der Waals surface area contributed by atoms with Crippen LogP contribution in [0.3, 0.4) is 0 Å². The van der Waals surface area contributed by atoms with Gasteiger partial charge in [-0.05, 0) is 38.6 Å². The fourth-order valence-corrected chi connectivity index (χ4v) is 2.60. The molecule has 1 rings (SSSR count). The van der Waals surface area contributed by atoms with Gasteiger partial charge >= 0.3 is 0 Å². The molecule has 1 amide bonds. The van der Waals surface area contributed by atoms with Crippen molar-refractivity contribution in [3.63, 3.8) is 0 Å². The standard InChI is InChI=1S/C13H26N2O2/c1-3-11-4-6-12(7-5-11)15(2)10-13(17)14-8-9-16/h11-12,16H,3-10H2,1-2H3,(H,14,17). The molecule has 17 heavy (non-hydrogen) atoms. The molecule has 0 aromatic heterocycles. The van der Waals surface area contributed by atoms with E-state index in [0.29, 0.717) is 19.1 Å². The van der Waals surface area contributed by atoms with E-state index in [9.17, 15) is 4.79 Å². The number of aliphatic hydroxyl groups is 1. The van der Waals surface area contributed by atoms with Gasteiger partial charge in [-0.1, -0.05) is 13.3 Å². The molecule has 0 aromatic carbocycles. The highest BCUT2D eigenvalue weighted by Gasteiger charge is 2.23. The van der Waals surface area contributed by atoms with Gasteiger partial charge in [-0.3, -0.25) is 9.69 Å². The molecule has 100 valence electrons. The quantitative estimate of drug-likeness (QED) is 0.730. The summed E-state index contributed by atoms with van der Waals surface area (Å²) in [4.78, 5) is 13.7. The Kier molecular flexibility index (Phi) is 6.52. The molecule has 0 saturated heterocycles. The molecule has 1 aliphatic carbocycles. The van der Waals surface area contributed by atoms with E-state index in [1.807, 2.05) is 7.05 Å². The van der Waals surface area contributed by atoms with Gasteiger partial charge in [0.15, 0.2) is 0 Å². The Morgan fingerprint density at radius 3 is 2.53 bits per heavy atom. The summed E-state index contributed by atoms with van der Waals surface area (Å²) < 4.78 is 0. The average Bonchev–Trinajstić information content (AvgIpc) is 2.36. The van der Waals surface area contributed by atoms with Crippen LogP contribution in [0.4, 0.5) is 0 Å². The molecular weight excluding hydrogens is 216 g/mol. The molecule has 0 spiro atoms. The van der Waals surface area contributed by atoms with Gasteiger partial charge in [0.2, 0.25) is 5.91 Å². The summed E-state index contributed by atoms with van der Waals surface area (Å²) in [7, 11) is 2.02. The van der Waals surface area contributed by atoms with Crippen LogP contribution < -0.4 is 5.32 Å². The number of nitrogens with one attached hydrogen (secondary N) is 1. The number of nitrogens with zero attached hydrogens (tertiary/aromatic N) is 1. The third kappa shape index (κ3) is 5.04. The third-order valence-electron chi connectivity index (χ3n) is 3.84. The zero-order chi connectivity index (χ0) is 12.7. The predicted molar refractivity (Wildman–Crippen MR) is 68.8 cm³/mol. The Morgan fingerprint density at radius 1 is 1.35 bits per heavy atom. The van der Waals surface area contributed by atoms with Gasteiger partial charge in [-0.25, -0.2) is 0 Å². The van der Waals surface area contributed by atoms with Crippen molar-refractivity contribution in [1.29, 1.82) is 0 Å². The van der Waals surface area contributed by atoms with E-state index in [-0.39, 0.29) is 12.5 Å². The smallest absolute Gasteiger partial charge is 0.234 e. The lowest BCUT2D eigenvalue weighted by Crippen LogP contribution is -2.42. The maximum absolute atomic E-state index is 11.5. The van der Waals surface area contributed by atoms with Crippen molar-refractivity contribution in [1.82, 2.24) is 10.2 Å². The molecule has 1 aliphatic rings. The maximum atomic E-state index is 11.5. The maximum Gasteiger partial charge on any atom is 0.234 e. The first-order chi connectivity index (χ1) is 8.17. The van der Waals surface area contributed by atoms with Crippen molar-refractivity contribution >= 4 is 5.91 Å². The van der Waals surface area contributed by atoms with Crippen LogP contribution in [0.2, 0.25) is 0 Å². The molecule has 4 heteroatoms. The normalized spacial score (nSPS) is 24.9. The lowest BCUT2D eigenvalue weighted by molar-refractivity contribution is -0.122. The lowest BCUT2D eigenvalue weighted by atomic mass is 9.84. The third-order valence-corrected chi connectivity index (χ3v) is 3.84. The summed E-state index contributed by atoms with van der Waals surface area (Å²) in [5.74, 6) is 0.905. The van der Waals surface area contributed by atoms with Crippen LogP contribution in [0, 0.1) is 5.92 Å². The van der Waals surface area contributed by atoms with Gasteiger partial charge in [0.05, 0.1) is 13.2 Å². The molecule has 2 N–H and O–H groups in total. The molecule has 1 fully saturated rings. The summed E-state index contributed by atoms with van der Waals surface area (Å²) in [6.07, 6.45) is 6.30. The lowest BCUT2D eigenvalue weighted by Gasteiger charge is -2.34. The predicted octanol–water partition coefficient (Wildman–Crippen LogP) is 0.995. The van der Waals surface area contributed by atoms with Gasteiger partial charge in [-0.15, -0.1) is 0 Å². The topological polar surface area (TPSA) is 52.6 Å². The van der Waals surface area contributed by atoms with Crippen molar-refractivity contribution in [3.05, 3.63) is 0 Å². The minimum atomic E-state index is 0.0110. The molecule has 0 heterocycles. The number of aliphatic hydroxyl groups excluding tert-OH is 1. The van der Waals surface area contributed by atoms with Crippen LogP contribution in [0.5, 0.6) is 0 Å². The van der Waals surface area contributed by atoms with Gasteiger partial charge in [0.1, 0.15) is 0 Å². The van der Waals surface area contributed by atoms with Gasteiger partial charge in [0.25, 0.3) is 0 Å². The summed E-state index contributed by atoms with van der Waals surface area (Å²) in [6.45, 7) is 3.07. The van der Waals surface area contributed by atoms with Crippen LogP contribution in [-0.4, -0.2) is 48.7 Å². The molecule has 0 atom stereocenters. The van der Waals surface area contributed by atoms with Crippen molar-refractivity contribution < 1.29 is 9.90 Å². The molecule has 4 nitrogen and oxygen atoms in total. The van der Waals surface area contributed by atoms with Crippen LogP contribution in [-0.2, 0) is 4.79 Å². The molecule has 1 saturated carbocycles. The number of hydrogen-bond donors (Lipinski definition) is 2. The monoisotopic (exact) mass is 242 g/mol. The van der Waals surface area contributed by atoms with Crippen molar-refractivity contribution in [3.8, 4) is 0 Å². The highest BCUT2D eigenvalue weighted by Crippen LogP contribution is 2.28. The van der Waals surface area contributed by atoms with Crippen molar-refractivity contribution in [2.75, 3.05) is 26.7 Å².